The Bertz CT molecular complexity index is 583. The third kappa shape index (κ3) is 3.59. The summed E-state index contributed by atoms with van der Waals surface area (Å²) in [5.41, 5.74) is 1.05. The number of benzene rings is 1. The smallest absolute Gasteiger partial charge is 0.240 e. The van der Waals surface area contributed by atoms with Crippen molar-refractivity contribution in [1.29, 1.82) is 0 Å². The number of hydrogen-bond donors (Lipinski definition) is 1. The Labute approximate surface area is 130 Å². The van der Waals surface area contributed by atoms with E-state index in [9.17, 15) is 8.42 Å². The molecule has 1 N–H and O–H groups in total. The largest absolute Gasteiger partial charge is 0.376 e. The summed E-state index contributed by atoms with van der Waals surface area (Å²) in [6.07, 6.45) is 3.85. The molecule has 1 heterocycles. The first kappa shape index (κ1) is 15.3. The van der Waals surface area contributed by atoms with Gasteiger partial charge in [-0.15, -0.1) is 11.6 Å². The molecule has 2 aliphatic rings. The number of rotatable bonds is 6. The molecule has 21 heavy (non-hydrogen) atoms. The van der Waals surface area contributed by atoms with Gasteiger partial charge in [0, 0.05) is 12.5 Å². The molecule has 0 aromatic heterocycles. The van der Waals surface area contributed by atoms with Crippen LogP contribution in [0.1, 0.15) is 24.8 Å². The Kier molecular flexibility index (Phi) is 4.54. The molecule has 1 aliphatic carbocycles. The fourth-order valence-electron chi connectivity index (χ4n) is 2.84. The summed E-state index contributed by atoms with van der Waals surface area (Å²) in [5, 5.41) is 0. The van der Waals surface area contributed by atoms with E-state index in [1.54, 1.807) is 12.1 Å². The minimum Gasteiger partial charge on any atom is -0.376 e. The normalized spacial score (nSPS) is 26.1. The molecule has 1 aliphatic heterocycles. The molecule has 1 aromatic rings. The van der Waals surface area contributed by atoms with Crippen molar-refractivity contribution in [3.8, 4) is 0 Å². The van der Waals surface area contributed by atoms with Crippen LogP contribution >= 0.6 is 11.6 Å². The molecule has 2 atom stereocenters. The van der Waals surface area contributed by atoms with Crippen LogP contribution in [0.25, 0.3) is 0 Å². The zero-order chi connectivity index (χ0) is 14.9. The summed E-state index contributed by atoms with van der Waals surface area (Å²) in [6, 6.07) is 6.84. The van der Waals surface area contributed by atoms with Crippen molar-refractivity contribution < 1.29 is 13.2 Å². The highest BCUT2D eigenvalue weighted by Crippen LogP contribution is 2.39. The number of alkyl halides is 1. The molecule has 0 spiro atoms. The van der Waals surface area contributed by atoms with E-state index in [0.29, 0.717) is 23.3 Å². The van der Waals surface area contributed by atoms with E-state index < -0.39 is 10.0 Å². The number of nitrogens with one attached hydrogen (secondary N) is 1. The Morgan fingerprint density at radius 3 is 2.52 bits per heavy atom. The van der Waals surface area contributed by atoms with Gasteiger partial charge in [-0.2, -0.15) is 0 Å². The Balaban J connectivity index is 1.70. The Morgan fingerprint density at radius 1 is 1.19 bits per heavy atom. The van der Waals surface area contributed by atoms with E-state index >= 15 is 0 Å². The lowest BCUT2D eigenvalue weighted by atomic mass is 10.1. The first-order chi connectivity index (χ1) is 10.1. The zero-order valence-electron chi connectivity index (χ0n) is 11.8. The predicted molar refractivity (Wildman–Crippen MR) is 82.1 cm³/mol. The second-order valence-corrected chi connectivity index (χ2v) is 7.86. The zero-order valence-corrected chi connectivity index (χ0v) is 13.4. The van der Waals surface area contributed by atoms with Crippen LogP contribution < -0.4 is 4.72 Å². The summed E-state index contributed by atoms with van der Waals surface area (Å²) in [4.78, 5) is 0.308. The molecule has 0 bridgehead atoms. The molecule has 2 fully saturated rings. The van der Waals surface area contributed by atoms with Gasteiger partial charge in [-0.3, -0.25) is 0 Å². The first-order valence-electron chi connectivity index (χ1n) is 7.39. The SMILES string of the molecule is O=S(=O)(NC1CCOC1C1CC1)c1ccc(CCCl)cc1. The van der Waals surface area contributed by atoms with Crippen molar-refractivity contribution in [2.75, 3.05) is 12.5 Å². The maximum Gasteiger partial charge on any atom is 0.240 e. The molecule has 0 radical (unpaired) electrons. The van der Waals surface area contributed by atoms with Crippen molar-refractivity contribution in [2.45, 2.75) is 42.7 Å². The minimum absolute atomic E-state index is 0.0512. The van der Waals surface area contributed by atoms with Crippen LogP contribution in [0.2, 0.25) is 0 Å². The number of sulfonamides is 1. The quantitative estimate of drug-likeness (QED) is 0.815. The van der Waals surface area contributed by atoms with E-state index in [-0.39, 0.29) is 12.1 Å². The van der Waals surface area contributed by atoms with Gasteiger partial charge in [0.05, 0.1) is 17.0 Å². The van der Waals surface area contributed by atoms with Crippen molar-refractivity contribution in [2.24, 2.45) is 5.92 Å². The fourth-order valence-corrected chi connectivity index (χ4v) is 4.34. The average molecular weight is 330 g/mol. The van der Waals surface area contributed by atoms with Gasteiger partial charge in [0.2, 0.25) is 10.0 Å². The van der Waals surface area contributed by atoms with E-state index in [1.165, 1.54) is 0 Å². The standard InChI is InChI=1S/C15H20ClNO3S/c16-9-7-11-1-5-13(6-2-11)21(18,19)17-14-8-10-20-15(14)12-3-4-12/h1-2,5-6,12,14-15,17H,3-4,7-10H2. The maximum atomic E-state index is 12.5. The van der Waals surface area contributed by atoms with Gasteiger partial charge < -0.3 is 4.74 Å². The molecule has 1 saturated carbocycles. The topological polar surface area (TPSA) is 55.4 Å². The average Bonchev–Trinajstić information content (AvgIpc) is 3.20. The third-order valence-corrected chi connectivity index (χ3v) is 5.84. The third-order valence-electron chi connectivity index (χ3n) is 4.15. The van der Waals surface area contributed by atoms with Crippen LogP contribution in [0.3, 0.4) is 0 Å². The lowest BCUT2D eigenvalue weighted by molar-refractivity contribution is 0.0848. The highest BCUT2D eigenvalue weighted by atomic mass is 35.5. The van der Waals surface area contributed by atoms with E-state index in [4.69, 9.17) is 16.3 Å². The van der Waals surface area contributed by atoms with Gasteiger partial charge in [0.25, 0.3) is 0 Å². The summed E-state index contributed by atoms with van der Waals surface area (Å²) in [5.74, 6) is 1.07. The molecule has 116 valence electrons. The monoisotopic (exact) mass is 329 g/mol. The van der Waals surface area contributed by atoms with Crippen LogP contribution in [-0.4, -0.2) is 33.1 Å². The van der Waals surface area contributed by atoms with Crippen LogP contribution in [0.5, 0.6) is 0 Å². The second kappa shape index (κ2) is 6.24. The Hall–Kier alpha value is -0.620. The molecular weight excluding hydrogens is 310 g/mol. The highest BCUT2D eigenvalue weighted by molar-refractivity contribution is 7.89. The number of aryl methyl sites for hydroxylation is 1. The summed E-state index contributed by atoms with van der Waals surface area (Å²) >= 11 is 5.69. The van der Waals surface area contributed by atoms with Gasteiger partial charge in [0.1, 0.15) is 0 Å². The Morgan fingerprint density at radius 2 is 1.90 bits per heavy atom. The fraction of sp³-hybridized carbons (Fsp3) is 0.600. The van der Waals surface area contributed by atoms with Crippen LogP contribution in [-0.2, 0) is 21.2 Å². The lowest BCUT2D eigenvalue weighted by Crippen LogP contribution is -2.41. The maximum absolute atomic E-state index is 12.5. The van der Waals surface area contributed by atoms with Gasteiger partial charge in [-0.25, -0.2) is 13.1 Å². The first-order valence-corrected chi connectivity index (χ1v) is 9.41. The molecule has 4 nitrogen and oxygen atoms in total. The van der Waals surface area contributed by atoms with Gasteiger partial charge in [-0.1, -0.05) is 12.1 Å². The van der Waals surface area contributed by atoms with Crippen molar-refractivity contribution in [3.63, 3.8) is 0 Å². The predicted octanol–water partition coefficient (Wildman–Crippen LogP) is 2.31. The van der Waals surface area contributed by atoms with Gasteiger partial charge in [0.15, 0.2) is 0 Å². The van der Waals surface area contributed by atoms with Crippen molar-refractivity contribution >= 4 is 21.6 Å². The molecule has 1 aromatic carbocycles. The minimum atomic E-state index is -3.48. The van der Waals surface area contributed by atoms with E-state index in [2.05, 4.69) is 4.72 Å². The highest BCUT2D eigenvalue weighted by Gasteiger charge is 2.42. The summed E-state index contributed by atoms with van der Waals surface area (Å²) in [7, 11) is -3.48. The summed E-state index contributed by atoms with van der Waals surface area (Å²) < 4.78 is 33.4. The van der Waals surface area contributed by atoms with Gasteiger partial charge in [-0.05, 0) is 49.3 Å². The second-order valence-electron chi connectivity index (χ2n) is 5.77. The van der Waals surface area contributed by atoms with Crippen LogP contribution in [0, 0.1) is 5.92 Å². The lowest BCUT2D eigenvalue weighted by Gasteiger charge is -2.19. The molecule has 2 unspecified atom stereocenters. The van der Waals surface area contributed by atoms with Crippen LogP contribution in [0.4, 0.5) is 0 Å². The number of hydrogen-bond acceptors (Lipinski definition) is 3. The number of halogens is 1. The molecular formula is C15H20ClNO3S. The van der Waals surface area contributed by atoms with Crippen molar-refractivity contribution in [1.82, 2.24) is 4.72 Å². The van der Waals surface area contributed by atoms with Gasteiger partial charge >= 0.3 is 0 Å². The molecule has 1 saturated heterocycles. The van der Waals surface area contributed by atoms with E-state index in [1.807, 2.05) is 12.1 Å². The molecule has 0 amide bonds. The molecule has 6 heteroatoms. The van der Waals surface area contributed by atoms with Crippen LogP contribution in [0.15, 0.2) is 29.2 Å². The molecule has 3 rings (SSSR count). The van der Waals surface area contributed by atoms with E-state index in [0.717, 1.165) is 31.2 Å². The number of ether oxygens (including phenoxy) is 1. The van der Waals surface area contributed by atoms with Crippen molar-refractivity contribution in [3.05, 3.63) is 29.8 Å². The summed E-state index contributed by atoms with van der Waals surface area (Å²) in [6.45, 7) is 0.642.